The number of nitro benzene ring substituents is 1. The smallest absolute Gasteiger partial charge is 0.334 e. The lowest BCUT2D eigenvalue weighted by Crippen LogP contribution is -2.32. The van der Waals surface area contributed by atoms with E-state index in [4.69, 9.17) is 0 Å². The second-order valence-corrected chi connectivity index (χ2v) is 5.92. The normalized spacial score (nSPS) is 20.5. The molecule has 1 atom stereocenters. The maximum atomic E-state index is 12.5. The van der Waals surface area contributed by atoms with E-state index in [-0.39, 0.29) is 17.0 Å². The summed E-state index contributed by atoms with van der Waals surface area (Å²) in [5.41, 5.74) is 1.93. The molecule has 1 heterocycles. The predicted octanol–water partition coefficient (Wildman–Crippen LogP) is 2.60. The number of allylic oxidation sites excluding steroid dienone is 2. The van der Waals surface area contributed by atoms with Crippen molar-refractivity contribution in [3.8, 4) is 0 Å². The Balaban J connectivity index is 2.14. The number of carboxylic acid groups (broad SMARTS) is 1. The number of aliphatic carboxylic acids is 1. The van der Waals surface area contributed by atoms with Crippen molar-refractivity contribution in [2.75, 3.05) is 7.05 Å². The molecule has 0 saturated heterocycles. The number of nitro groups is 1. The van der Waals surface area contributed by atoms with E-state index < -0.39 is 16.8 Å². The van der Waals surface area contributed by atoms with Crippen molar-refractivity contribution in [3.63, 3.8) is 0 Å². The van der Waals surface area contributed by atoms with Crippen LogP contribution in [0.1, 0.15) is 30.7 Å². The molecule has 0 saturated carbocycles. The minimum absolute atomic E-state index is 0.0571. The largest absolute Gasteiger partial charge is 0.478 e. The number of rotatable bonds is 3. The minimum Gasteiger partial charge on any atom is -0.478 e. The van der Waals surface area contributed by atoms with Crippen molar-refractivity contribution in [2.24, 2.45) is 0 Å². The number of ketones is 1. The standard InChI is InChI=1S/C17H16N2O5/c1-18-9-12(17(21)22)15(16-13(18)3-2-4-14(16)20)10-5-7-11(8-6-10)19(23)24/h5-9,15H,2-4H2,1H3,(H,21,22). The lowest BCUT2D eigenvalue weighted by molar-refractivity contribution is -0.384. The first kappa shape index (κ1) is 15.9. The van der Waals surface area contributed by atoms with Gasteiger partial charge >= 0.3 is 5.97 Å². The van der Waals surface area contributed by atoms with Crippen LogP contribution >= 0.6 is 0 Å². The molecule has 3 rings (SSSR count). The van der Waals surface area contributed by atoms with Crippen LogP contribution in [0.25, 0.3) is 0 Å². The molecule has 7 heteroatoms. The van der Waals surface area contributed by atoms with E-state index >= 15 is 0 Å². The van der Waals surface area contributed by atoms with Gasteiger partial charge < -0.3 is 10.0 Å². The molecule has 0 spiro atoms. The van der Waals surface area contributed by atoms with E-state index in [0.29, 0.717) is 24.0 Å². The molecule has 1 unspecified atom stereocenters. The van der Waals surface area contributed by atoms with E-state index in [1.165, 1.54) is 30.5 Å². The number of non-ortho nitro benzene ring substituents is 1. The molecule has 1 N–H and O–H groups in total. The van der Waals surface area contributed by atoms with Gasteiger partial charge in [-0.05, 0) is 18.4 Å². The van der Waals surface area contributed by atoms with Crippen LogP contribution in [0.15, 0.2) is 47.3 Å². The summed E-state index contributed by atoms with van der Waals surface area (Å²) in [4.78, 5) is 36.2. The molecule has 124 valence electrons. The molecule has 1 aromatic carbocycles. The van der Waals surface area contributed by atoms with Crippen molar-refractivity contribution < 1.29 is 19.6 Å². The Morgan fingerprint density at radius 3 is 2.54 bits per heavy atom. The van der Waals surface area contributed by atoms with Crippen molar-refractivity contribution in [2.45, 2.75) is 25.2 Å². The van der Waals surface area contributed by atoms with E-state index in [2.05, 4.69) is 0 Å². The summed E-state index contributed by atoms with van der Waals surface area (Å²) in [6.07, 6.45) is 3.38. The van der Waals surface area contributed by atoms with Crippen LogP contribution < -0.4 is 0 Å². The molecule has 1 aromatic rings. The van der Waals surface area contributed by atoms with Gasteiger partial charge in [0, 0.05) is 49.0 Å². The molecule has 1 aliphatic heterocycles. The first-order valence-corrected chi connectivity index (χ1v) is 7.58. The van der Waals surface area contributed by atoms with E-state index in [9.17, 15) is 24.8 Å². The van der Waals surface area contributed by atoms with Crippen LogP contribution in [-0.4, -0.2) is 33.7 Å². The number of hydrogen-bond donors (Lipinski definition) is 1. The first-order valence-electron chi connectivity index (χ1n) is 7.58. The third-order valence-electron chi connectivity index (χ3n) is 4.47. The molecular formula is C17H16N2O5. The van der Waals surface area contributed by atoms with Gasteiger partial charge in [0.1, 0.15) is 0 Å². The number of carboxylic acids is 1. The van der Waals surface area contributed by atoms with Gasteiger partial charge in [0.15, 0.2) is 5.78 Å². The first-order chi connectivity index (χ1) is 11.4. The highest BCUT2D eigenvalue weighted by molar-refractivity contribution is 6.03. The Morgan fingerprint density at radius 2 is 1.96 bits per heavy atom. The second kappa shape index (κ2) is 5.92. The number of carbonyl (C=O) groups excluding carboxylic acids is 1. The monoisotopic (exact) mass is 328 g/mol. The highest BCUT2D eigenvalue weighted by Gasteiger charge is 2.38. The van der Waals surface area contributed by atoms with Gasteiger partial charge in [0.2, 0.25) is 0 Å². The Bertz CT molecular complexity index is 792. The fraction of sp³-hybridized carbons (Fsp3) is 0.294. The molecule has 0 amide bonds. The molecule has 0 bridgehead atoms. The third kappa shape index (κ3) is 2.58. The number of carbonyl (C=O) groups is 2. The van der Waals surface area contributed by atoms with Gasteiger partial charge in [-0.3, -0.25) is 14.9 Å². The molecule has 2 aliphatic rings. The topological polar surface area (TPSA) is 101 Å². The zero-order valence-corrected chi connectivity index (χ0v) is 13.1. The van der Waals surface area contributed by atoms with Gasteiger partial charge in [0.05, 0.1) is 10.5 Å². The quantitative estimate of drug-likeness (QED) is 0.676. The lowest BCUT2D eigenvalue weighted by Gasteiger charge is -2.35. The van der Waals surface area contributed by atoms with Crippen LogP contribution in [0.3, 0.4) is 0 Å². The van der Waals surface area contributed by atoms with Crippen molar-refractivity contribution in [1.82, 2.24) is 4.90 Å². The summed E-state index contributed by atoms with van der Waals surface area (Å²) in [7, 11) is 1.74. The van der Waals surface area contributed by atoms with Crippen LogP contribution in [0.5, 0.6) is 0 Å². The van der Waals surface area contributed by atoms with Crippen molar-refractivity contribution >= 4 is 17.4 Å². The summed E-state index contributed by atoms with van der Waals surface area (Å²) in [5, 5.41) is 20.4. The van der Waals surface area contributed by atoms with E-state index in [1.807, 2.05) is 0 Å². The van der Waals surface area contributed by atoms with Crippen LogP contribution in [0.2, 0.25) is 0 Å². The van der Waals surface area contributed by atoms with Crippen LogP contribution in [0.4, 0.5) is 5.69 Å². The Hall–Kier alpha value is -2.96. The van der Waals surface area contributed by atoms with Crippen LogP contribution in [-0.2, 0) is 9.59 Å². The molecular weight excluding hydrogens is 312 g/mol. The Labute approximate surface area is 138 Å². The average molecular weight is 328 g/mol. The van der Waals surface area contributed by atoms with E-state index in [1.54, 1.807) is 11.9 Å². The number of benzene rings is 1. The summed E-state index contributed by atoms with van der Waals surface area (Å²) < 4.78 is 0. The predicted molar refractivity (Wildman–Crippen MR) is 85.2 cm³/mol. The second-order valence-electron chi connectivity index (χ2n) is 5.92. The highest BCUT2D eigenvalue weighted by Crippen LogP contribution is 2.43. The number of nitrogens with zero attached hydrogens (tertiary/aromatic N) is 2. The van der Waals surface area contributed by atoms with Gasteiger partial charge in [0.25, 0.3) is 5.69 Å². The number of hydrogen-bond acceptors (Lipinski definition) is 5. The Morgan fingerprint density at radius 1 is 1.29 bits per heavy atom. The Kier molecular flexibility index (Phi) is 3.92. The summed E-state index contributed by atoms with van der Waals surface area (Å²) >= 11 is 0. The van der Waals surface area contributed by atoms with Crippen molar-refractivity contribution in [1.29, 1.82) is 0 Å². The zero-order valence-electron chi connectivity index (χ0n) is 13.1. The minimum atomic E-state index is -1.10. The average Bonchev–Trinajstić information content (AvgIpc) is 2.55. The highest BCUT2D eigenvalue weighted by atomic mass is 16.6. The molecule has 0 aromatic heterocycles. The SMILES string of the molecule is CN1C=C(C(=O)O)C(c2ccc([N+](=O)[O-])cc2)C2=C1CCCC2=O. The zero-order chi connectivity index (χ0) is 17.4. The molecule has 7 nitrogen and oxygen atoms in total. The van der Waals surface area contributed by atoms with Gasteiger partial charge in [-0.25, -0.2) is 4.79 Å². The maximum Gasteiger partial charge on any atom is 0.334 e. The summed E-state index contributed by atoms with van der Waals surface area (Å²) in [5.74, 6) is -1.85. The summed E-state index contributed by atoms with van der Waals surface area (Å²) in [6.45, 7) is 0. The van der Waals surface area contributed by atoms with Crippen molar-refractivity contribution in [3.05, 3.63) is 63.0 Å². The number of Topliss-reactive ketones (excluding diaryl/α,β-unsaturated/α-hetero) is 1. The molecule has 0 radical (unpaired) electrons. The lowest BCUT2D eigenvalue weighted by atomic mass is 9.76. The third-order valence-corrected chi connectivity index (χ3v) is 4.47. The molecule has 0 fully saturated rings. The summed E-state index contributed by atoms with van der Waals surface area (Å²) in [6, 6.07) is 5.72. The van der Waals surface area contributed by atoms with Gasteiger partial charge in [-0.15, -0.1) is 0 Å². The van der Waals surface area contributed by atoms with Crippen LogP contribution in [0, 0.1) is 10.1 Å². The van der Waals surface area contributed by atoms with Gasteiger partial charge in [-0.1, -0.05) is 12.1 Å². The molecule has 24 heavy (non-hydrogen) atoms. The van der Waals surface area contributed by atoms with E-state index in [0.717, 1.165) is 12.1 Å². The maximum absolute atomic E-state index is 12.5. The fourth-order valence-corrected chi connectivity index (χ4v) is 3.37. The molecule has 1 aliphatic carbocycles. The fourth-order valence-electron chi connectivity index (χ4n) is 3.37. The van der Waals surface area contributed by atoms with Gasteiger partial charge in [-0.2, -0.15) is 0 Å².